The van der Waals surface area contributed by atoms with Gasteiger partial charge in [-0.05, 0) is 38.1 Å². The Morgan fingerprint density at radius 2 is 1.95 bits per heavy atom. The van der Waals surface area contributed by atoms with E-state index in [1.165, 1.54) is 6.07 Å². The highest BCUT2D eigenvalue weighted by molar-refractivity contribution is 5.98. The van der Waals surface area contributed by atoms with Crippen molar-refractivity contribution in [2.75, 3.05) is 0 Å². The molecular weight excluding hydrogens is 279 g/mol. The molecule has 4 heteroatoms. The molecule has 0 saturated carbocycles. The van der Waals surface area contributed by atoms with Gasteiger partial charge in [0, 0.05) is 16.5 Å². The molecule has 1 aromatic heterocycles. The van der Waals surface area contributed by atoms with E-state index in [0.717, 1.165) is 16.5 Å². The third-order valence-corrected chi connectivity index (χ3v) is 3.74. The lowest BCUT2D eigenvalue weighted by atomic mass is 10.1. The van der Waals surface area contributed by atoms with Crippen LogP contribution in [0.25, 0.3) is 10.9 Å². The zero-order valence-corrected chi connectivity index (χ0v) is 12.5. The number of aryl methyl sites for hydroxylation is 1. The molecule has 0 saturated heterocycles. The van der Waals surface area contributed by atoms with Gasteiger partial charge in [-0.1, -0.05) is 29.8 Å². The first-order valence-corrected chi connectivity index (χ1v) is 7.19. The number of aromatic amines is 1. The average Bonchev–Trinajstić information content (AvgIpc) is 2.90. The van der Waals surface area contributed by atoms with Crippen LogP contribution < -0.4 is 5.32 Å². The lowest BCUT2D eigenvalue weighted by molar-refractivity contribution is 0.0935. The minimum atomic E-state index is -0.401. The smallest absolute Gasteiger partial charge is 0.268 e. The van der Waals surface area contributed by atoms with Crippen molar-refractivity contribution in [3.63, 3.8) is 0 Å². The average molecular weight is 296 g/mol. The van der Waals surface area contributed by atoms with E-state index in [1.54, 1.807) is 25.1 Å². The van der Waals surface area contributed by atoms with Crippen LogP contribution in [0.4, 0.5) is 4.39 Å². The van der Waals surface area contributed by atoms with Gasteiger partial charge in [-0.25, -0.2) is 4.39 Å². The Labute approximate surface area is 128 Å². The molecule has 0 aliphatic carbocycles. The van der Waals surface area contributed by atoms with Crippen LogP contribution in [0.15, 0.2) is 48.5 Å². The summed E-state index contributed by atoms with van der Waals surface area (Å²) in [6.07, 6.45) is 0. The molecule has 0 radical (unpaired) electrons. The highest BCUT2D eigenvalue weighted by atomic mass is 19.1. The standard InChI is InChI=1S/C18H17FN2O/c1-11-7-8-16-13(9-11)10-17(21-16)18(22)20-12(2)14-5-3-4-6-15(14)19/h3-10,12,21H,1-2H3,(H,20,22). The Kier molecular flexibility index (Phi) is 3.67. The highest BCUT2D eigenvalue weighted by Gasteiger charge is 2.15. The van der Waals surface area contributed by atoms with Crippen molar-refractivity contribution in [2.24, 2.45) is 0 Å². The van der Waals surface area contributed by atoms with Gasteiger partial charge in [0.15, 0.2) is 0 Å². The van der Waals surface area contributed by atoms with Crippen molar-refractivity contribution in [2.45, 2.75) is 19.9 Å². The number of carbonyl (C=O) groups is 1. The van der Waals surface area contributed by atoms with Gasteiger partial charge >= 0.3 is 0 Å². The van der Waals surface area contributed by atoms with E-state index in [-0.39, 0.29) is 11.7 Å². The summed E-state index contributed by atoms with van der Waals surface area (Å²) in [5.41, 5.74) is 3.00. The molecule has 0 bridgehead atoms. The molecule has 0 spiro atoms. The van der Waals surface area contributed by atoms with Crippen LogP contribution in [-0.2, 0) is 0 Å². The Balaban J connectivity index is 1.82. The Morgan fingerprint density at radius 3 is 2.73 bits per heavy atom. The third kappa shape index (κ3) is 2.72. The van der Waals surface area contributed by atoms with Crippen LogP contribution in [0.3, 0.4) is 0 Å². The maximum atomic E-state index is 13.7. The summed E-state index contributed by atoms with van der Waals surface area (Å²) >= 11 is 0. The maximum Gasteiger partial charge on any atom is 0.268 e. The lowest BCUT2D eigenvalue weighted by Gasteiger charge is -2.14. The van der Waals surface area contributed by atoms with Crippen LogP contribution in [0.2, 0.25) is 0 Å². The van der Waals surface area contributed by atoms with Gasteiger partial charge in [0.1, 0.15) is 11.5 Å². The minimum Gasteiger partial charge on any atom is -0.351 e. The van der Waals surface area contributed by atoms with E-state index in [4.69, 9.17) is 0 Å². The molecule has 1 heterocycles. The maximum absolute atomic E-state index is 13.7. The molecule has 0 fully saturated rings. The molecule has 0 aliphatic rings. The first-order valence-electron chi connectivity index (χ1n) is 7.19. The predicted octanol–water partition coefficient (Wildman–Crippen LogP) is 4.11. The number of rotatable bonds is 3. The number of benzene rings is 2. The van der Waals surface area contributed by atoms with Gasteiger partial charge in [0.25, 0.3) is 5.91 Å². The van der Waals surface area contributed by atoms with E-state index < -0.39 is 6.04 Å². The number of nitrogens with one attached hydrogen (secondary N) is 2. The molecule has 112 valence electrons. The fourth-order valence-corrected chi connectivity index (χ4v) is 2.55. The zero-order valence-electron chi connectivity index (χ0n) is 12.5. The fourth-order valence-electron chi connectivity index (χ4n) is 2.55. The van der Waals surface area contributed by atoms with Gasteiger partial charge in [-0.2, -0.15) is 0 Å². The zero-order chi connectivity index (χ0) is 15.7. The summed E-state index contributed by atoms with van der Waals surface area (Å²) < 4.78 is 13.7. The van der Waals surface area contributed by atoms with Crippen molar-refractivity contribution in [3.05, 3.63) is 71.2 Å². The molecule has 0 aliphatic heterocycles. The van der Waals surface area contributed by atoms with E-state index in [1.807, 2.05) is 31.2 Å². The number of H-pyrrole nitrogens is 1. The quantitative estimate of drug-likeness (QED) is 0.750. The van der Waals surface area contributed by atoms with E-state index in [9.17, 15) is 9.18 Å². The monoisotopic (exact) mass is 296 g/mol. The highest BCUT2D eigenvalue weighted by Crippen LogP contribution is 2.19. The molecule has 22 heavy (non-hydrogen) atoms. The van der Waals surface area contributed by atoms with E-state index >= 15 is 0 Å². The molecule has 1 amide bonds. The topological polar surface area (TPSA) is 44.9 Å². The van der Waals surface area contributed by atoms with Crippen molar-refractivity contribution in [3.8, 4) is 0 Å². The summed E-state index contributed by atoms with van der Waals surface area (Å²) in [4.78, 5) is 15.4. The second-order valence-electron chi connectivity index (χ2n) is 5.49. The Hall–Kier alpha value is -2.62. The third-order valence-electron chi connectivity index (χ3n) is 3.74. The number of hydrogen-bond acceptors (Lipinski definition) is 1. The van der Waals surface area contributed by atoms with Crippen LogP contribution >= 0.6 is 0 Å². The Bertz CT molecular complexity index is 838. The number of halogens is 1. The summed E-state index contributed by atoms with van der Waals surface area (Å²) in [5, 5.41) is 3.81. The number of amides is 1. The number of fused-ring (bicyclic) bond motifs is 1. The van der Waals surface area contributed by atoms with Crippen molar-refractivity contribution < 1.29 is 9.18 Å². The molecular formula is C18H17FN2O. The number of aromatic nitrogens is 1. The van der Waals surface area contributed by atoms with Crippen LogP contribution in [0.5, 0.6) is 0 Å². The Morgan fingerprint density at radius 1 is 1.18 bits per heavy atom. The normalized spacial score (nSPS) is 12.3. The second-order valence-corrected chi connectivity index (χ2v) is 5.49. The summed E-state index contributed by atoms with van der Waals surface area (Å²) in [7, 11) is 0. The lowest BCUT2D eigenvalue weighted by Crippen LogP contribution is -2.27. The van der Waals surface area contributed by atoms with E-state index in [0.29, 0.717) is 11.3 Å². The van der Waals surface area contributed by atoms with Crippen LogP contribution in [0.1, 0.15) is 34.6 Å². The predicted molar refractivity (Wildman–Crippen MR) is 85.3 cm³/mol. The van der Waals surface area contributed by atoms with Gasteiger partial charge < -0.3 is 10.3 Å². The molecule has 2 N–H and O–H groups in total. The second kappa shape index (κ2) is 5.64. The largest absolute Gasteiger partial charge is 0.351 e. The van der Waals surface area contributed by atoms with Gasteiger partial charge in [0.05, 0.1) is 6.04 Å². The molecule has 3 rings (SSSR count). The SMILES string of the molecule is Cc1ccc2[nH]c(C(=O)NC(C)c3ccccc3F)cc2c1. The molecule has 2 aromatic carbocycles. The summed E-state index contributed by atoms with van der Waals surface area (Å²) in [6.45, 7) is 3.77. The number of hydrogen-bond donors (Lipinski definition) is 2. The molecule has 3 aromatic rings. The van der Waals surface area contributed by atoms with Crippen LogP contribution in [0, 0.1) is 12.7 Å². The summed E-state index contributed by atoms with van der Waals surface area (Å²) in [6, 6.07) is 13.8. The van der Waals surface area contributed by atoms with Crippen molar-refractivity contribution >= 4 is 16.8 Å². The fraction of sp³-hybridized carbons (Fsp3) is 0.167. The number of carbonyl (C=O) groups excluding carboxylic acids is 1. The molecule has 1 atom stereocenters. The first kappa shape index (κ1) is 14.3. The minimum absolute atomic E-state index is 0.246. The van der Waals surface area contributed by atoms with E-state index in [2.05, 4.69) is 10.3 Å². The molecule has 1 unspecified atom stereocenters. The molecule has 3 nitrogen and oxygen atoms in total. The van der Waals surface area contributed by atoms with Crippen LogP contribution in [-0.4, -0.2) is 10.9 Å². The van der Waals surface area contributed by atoms with Gasteiger partial charge in [-0.15, -0.1) is 0 Å². The first-order chi connectivity index (χ1) is 10.5. The van der Waals surface area contributed by atoms with Gasteiger partial charge in [-0.3, -0.25) is 4.79 Å². The van der Waals surface area contributed by atoms with Crippen molar-refractivity contribution in [1.82, 2.24) is 10.3 Å². The van der Waals surface area contributed by atoms with Crippen molar-refractivity contribution in [1.29, 1.82) is 0 Å². The summed E-state index contributed by atoms with van der Waals surface area (Å²) in [5.74, 6) is -0.563. The van der Waals surface area contributed by atoms with Gasteiger partial charge in [0.2, 0.25) is 0 Å².